The number of anilines is 1. The average molecular weight is 498 g/mol. The minimum absolute atomic E-state index is 0.00591. The van der Waals surface area contributed by atoms with Gasteiger partial charge in [-0.15, -0.1) is 11.3 Å². The maximum atomic E-state index is 12.9. The van der Waals surface area contributed by atoms with E-state index < -0.39 is 11.4 Å². The van der Waals surface area contributed by atoms with Crippen molar-refractivity contribution in [3.05, 3.63) is 45.2 Å². The quantitative estimate of drug-likeness (QED) is 0.531. The van der Waals surface area contributed by atoms with Crippen LogP contribution in [0.1, 0.15) is 35.7 Å². The Balaban J connectivity index is 1.36. The van der Waals surface area contributed by atoms with E-state index in [1.54, 1.807) is 29.1 Å². The molecule has 3 aromatic rings. The molecule has 2 N–H and O–H groups in total. The number of hydrogen-bond acceptors (Lipinski definition) is 8. The molecule has 2 atom stereocenters. The third-order valence-corrected chi connectivity index (χ3v) is 7.48. The number of nitrogens with one attached hydrogen (secondary N) is 1. The molecule has 184 valence electrons. The molecule has 2 fully saturated rings. The van der Waals surface area contributed by atoms with Crippen LogP contribution in [0.15, 0.2) is 28.6 Å². The Labute approximate surface area is 205 Å². The fraction of sp³-hybridized carbons (Fsp3) is 0.458. The summed E-state index contributed by atoms with van der Waals surface area (Å²) in [7, 11) is 0. The van der Waals surface area contributed by atoms with Gasteiger partial charge in [-0.2, -0.15) is 0 Å². The number of nitrogens with zero attached hydrogens (tertiary/aromatic N) is 4. The highest BCUT2D eigenvalue weighted by molar-refractivity contribution is 7.12. The fourth-order valence-corrected chi connectivity index (χ4v) is 5.29. The molecule has 0 saturated carbocycles. The molecule has 11 heteroatoms. The summed E-state index contributed by atoms with van der Waals surface area (Å²) in [6.45, 7) is 6.27. The van der Waals surface area contributed by atoms with Crippen LogP contribution in [-0.4, -0.2) is 63.9 Å². The topological polar surface area (TPSA) is 127 Å². The van der Waals surface area contributed by atoms with E-state index in [2.05, 4.69) is 17.2 Å². The molecular weight excluding hydrogens is 470 g/mol. The lowest BCUT2D eigenvalue weighted by atomic mass is 9.96. The largest absolute Gasteiger partial charge is 0.477 e. The number of carboxylic acids is 1. The summed E-state index contributed by atoms with van der Waals surface area (Å²) in [6.07, 6.45) is 4.99. The van der Waals surface area contributed by atoms with Crippen LogP contribution in [0.3, 0.4) is 0 Å². The Bertz CT molecular complexity index is 1330. The van der Waals surface area contributed by atoms with Crippen LogP contribution in [0.4, 0.5) is 5.82 Å². The first-order chi connectivity index (χ1) is 16.8. The van der Waals surface area contributed by atoms with Gasteiger partial charge in [0.1, 0.15) is 11.4 Å². The highest BCUT2D eigenvalue weighted by atomic mass is 32.1. The van der Waals surface area contributed by atoms with E-state index in [1.807, 2.05) is 4.90 Å². The normalized spacial score (nSPS) is 20.6. The van der Waals surface area contributed by atoms with Gasteiger partial charge >= 0.3 is 5.97 Å². The lowest BCUT2D eigenvalue weighted by molar-refractivity contribution is -0.126. The Morgan fingerprint density at radius 2 is 2.14 bits per heavy atom. The molecule has 2 saturated heterocycles. The number of hydrogen-bond donors (Lipinski definition) is 2. The summed E-state index contributed by atoms with van der Waals surface area (Å²) in [5, 5.41) is 15.1. The van der Waals surface area contributed by atoms with Crippen molar-refractivity contribution in [3.63, 3.8) is 0 Å². The number of carbonyl (C=O) groups is 2. The molecular formula is C24H27N5O5S. The number of rotatable bonds is 6. The van der Waals surface area contributed by atoms with Gasteiger partial charge in [0.25, 0.3) is 0 Å². The third-order valence-electron chi connectivity index (χ3n) is 6.71. The molecule has 0 radical (unpaired) electrons. The fourth-order valence-electron chi connectivity index (χ4n) is 4.68. The summed E-state index contributed by atoms with van der Waals surface area (Å²) >= 11 is 1.32. The molecule has 5 rings (SSSR count). The average Bonchev–Trinajstić information content (AvgIpc) is 3.31. The van der Waals surface area contributed by atoms with Crippen LogP contribution >= 0.6 is 11.3 Å². The number of fused-ring (bicyclic) bond motifs is 1. The predicted octanol–water partition coefficient (Wildman–Crippen LogP) is 2.22. The lowest BCUT2D eigenvalue weighted by Crippen LogP contribution is -2.55. The van der Waals surface area contributed by atoms with Crippen LogP contribution in [0, 0.1) is 18.8 Å². The van der Waals surface area contributed by atoms with E-state index >= 15 is 0 Å². The van der Waals surface area contributed by atoms with Crippen LogP contribution in [-0.2, 0) is 9.53 Å². The van der Waals surface area contributed by atoms with Crippen molar-refractivity contribution < 1.29 is 19.4 Å². The molecule has 0 aliphatic carbocycles. The second-order valence-corrected chi connectivity index (χ2v) is 10.2. The molecule has 2 unspecified atom stereocenters. The lowest BCUT2D eigenvalue weighted by Gasteiger charge is -2.39. The minimum Gasteiger partial charge on any atom is -0.477 e. The summed E-state index contributed by atoms with van der Waals surface area (Å²) in [6, 6.07) is 1.77. The Morgan fingerprint density at radius 3 is 2.83 bits per heavy atom. The van der Waals surface area contributed by atoms with Crippen molar-refractivity contribution >= 4 is 40.1 Å². The Kier molecular flexibility index (Phi) is 6.28. The summed E-state index contributed by atoms with van der Waals surface area (Å²) in [4.78, 5) is 48.2. The van der Waals surface area contributed by atoms with Crippen molar-refractivity contribution in [2.75, 3.05) is 31.1 Å². The smallest absolute Gasteiger partial charge is 0.341 e. The van der Waals surface area contributed by atoms with E-state index in [9.17, 15) is 19.5 Å². The zero-order valence-corrected chi connectivity index (χ0v) is 20.4. The molecule has 10 nitrogen and oxygen atoms in total. The number of aromatic nitrogens is 3. The van der Waals surface area contributed by atoms with Gasteiger partial charge in [0.05, 0.1) is 17.4 Å². The van der Waals surface area contributed by atoms with Crippen LogP contribution in [0.25, 0.3) is 16.2 Å². The number of carboxylic acid groups (broad SMARTS) is 1. The monoisotopic (exact) mass is 497 g/mol. The second kappa shape index (κ2) is 9.38. The van der Waals surface area contributed by atoms with Crippen LogP contribution < -0.4 is 15.6 Å². The number of pyridine rings is 2. The summed E-state index contributed by atoms with van der Waals surface area (Å²) in [5.41, 5.74) is 0.0700. The maximum absolute atomic E-state index is 12.9. The van der Waals surface area contributed by atoms with Crippen LogP contribution in [0.5, 0.6) is 0 Å². The number of thiazole rings is 1. The number of carbonyl (C=O) groups excluding carboxylic acids is 1. The third kappa shape index (κ3) is 4.53. The number of ether oxygens (including phenoxy) is 1. The highest BCUT2D eigenvalue weighted by Gasteiger charge is 2.34. The van der Waals surface area contributed by atoms with Crippen molar-refractivity contribution in [3.8, 4) is 5.13 Å². The van der Waals surface area contributed by atoms with E-state index in [4.69, 9.17) is 9.72 Å². The minimum atomic E-state index is -1.30. The van der Waals surface area contributed by atoms with Gasteiger partial charge in [-0.25, -0.2) is 14.8 Å². The van der Waals surface area contributed by atoms with E-state index in [1.165, 1.54) is 17.5 Å². The van der Waals surface area contributed by atoms with Crippen molar-refractivity contribution in [2.24, 2.45) is 11.8 Å². The molecule has 0 spiro atoms. The van der Waals surface area contributed by atoms with E-state index in [-0.39, 0.29) is 28.9 Å². The Morgan fingerprint density at radius 1 is 1.34 bits per heavy atom. The van der Waals surface area contributed by atoms with Gasteiger partial charge in [0, 0.05) is 44.0 Å². The van der Waals surface area contributed by atoms with Crippen molar-refractivity contribution in [2.45, 2.75) is 32.8 Å². The highest BCUT2D eigenvalue weighted by Crippen LogP contribution is 2.28. The van der Waals surface area contributed by atoms with Gasteiger partial charge < -0.3 is 20.1 Å². The maximum Gasteiger partial charge on any atom is 0.341 e. The van der Waals surface area contributed by atoms with Gasteiger partial charge in [-0.3, -0.25) is 14.2 Å². The van der Waals surface area contributed by atoms with Crippen molar-refractivity contribution in [1.82, 2.24) is 19.9 Å². The molecule has 0 aromatic carbocycles. The molecule has 3 aromatic heterocycles. The molecule has 1 amide bonds. The zero-order chi connectivity index (χ0) is 24.7. The Hall–Kier alpha value is -3.31. The molecule has 0 bridgehead atoms. The summed E-state index contributed by atoms with van der Waals surface area (Å²) in [5.74, 6) is -0.192. The predicted molar refractivity (Wildman–Crippen MR) is 132 cm³/mol. The standard InChI is InChI=1S/C24H27N5O5S/c1-13-3-5-34-16(7-13)9-26-22(31)15-10-28(11-15)18-8-14(2)19-20(30)17(23(32)33)12-29(21(19)27-18)24-25-4-6-35-24/h4,6,8,12-13,15-16H,3,5,7,9-11H2,1-2H3,(H,26,31)(H,32,33). The van der Waals surface area contributed by atoms with E-state index in [0.29, 0.717) is 47.7 Å². The zero-order valence-electron chi connectivity index (χ0n) is 19.6. The molecule has 5 heterocycles. The molecule has 2 aliphatic rings. The van der Waals surface area contributed by atoms with Gasteiger partial charge in [-0.05, 0) is 37.3 Å². The van der Waals surface area contributed by atoms with E-state index in [0.717, 1.165) is 19.4 Å². The number of amides is 1. The molecule has 2 aliphatic heterocycles. The number of aryl methyl sites for hydroxylation is 1. The first-order valence-corrected chi connectivity index (χ1v) is 12.5. The summed E-state index contributed by atoms with van der Waals surface area (Å²) < 4.78 is 7.30. The van der Waals surface area contributed by atoms with Crippen LogP contribution in [0.2, 0.25) is 0 Å². The van der Waals surface area contributed by atoms with Gasteiger partial charge in [0.2, 0.25) is 11.3 Å². The number of aromatic carboxylic acids is 1. The first kappa shape index (κ1) is 23.4. The van der Waals surface area contributed by atoms with Crippen molar-refractivity contribution in [1.29, 1.82) is 0 Å². The SMILES string of the molecule is Cc1cc(N2CC(C(=O)NCC3CC(C)CCO3)C2)nc2c1c(=O)c(C(=O)O)cn2-c1nccs1. The van der Waals surface area contributed by atoms with Gasteiger partial charge in [0.15, 0.2) is 10.8 Å². The first-order valence-electron chi connectivity index (χ1n) is 11.7. The second-order valence-electron chi connectivity index (χ2n) is 9.33. The van der Waals surface area contributed by atoms with Gasteiger partial charge in [-0.1, -0.05) is 6.92 Å². The molecule has 35 heavy (non-hydrogen) atoms.